The Labute approximate surface area is 93.3 Å². The van der Waals surface area contributed by atoms with Crippen LogP contribution in [0.2, 0.25) is 0 Å². The Hall–Kier alpha value is -0.820. The average molecular weight is 277 g/mol. The normalized spacial score (nSPS) is 12.8. The highest BCUT2D eigenvalue weighted by molar-refractivity contribution is 8.13. The molecule has 2 nitrogen and oxygen atoms in total. The van der Waals surface area contributed by atoms with Crippen molar-refractivity contribution in [3.8, 4) is 0 Å². The quantitative estimate of drug-likeness (QED) is 0.615. The van der Waals surface area contributed by atoms with Crippen LogP contribution in [0.15, 0.2) is 18.2 Å². The zero-order chi connectivity index (χ0) is 12.6. The molecule has 0 aromatic heterocycles. The van der Waals surface area contributed by atoms with Crippen molar-refractivity contribution in [2.75, 3.05) is 0 Å². The molecule has 0 heterocycles. The second-order valence-corrected chi connectivity index (χ2v) is 5.77. The van der Waals surface area contributed by atoms with Crippen molar-refractivity contribution in [3.05, 3.63) is 35.1 Å². The van der Waals surface area contributed by atoms with Crippen molar-refractivity contribution in [2.24, 2.45) is 0 Å². The molecule has 1 rings (SSSR count). The van der Waals surface area contributed by atoms with Gasteiger partial charge in [-0.25, -0.2) is 12.8 Å². The maximum Gasteiger partial charge on any atom is 0.419 e. The van der Waals surface area contributed by atoms with Crippen molar-refractivity contribution in [1.29, 1.82) is 0 Å². The van der Waals surface area contributed by atoms with E-state index in [0.717, 1.165) is 6.07 Å². The maximum atomic E-state index is 13.0. The second kappa shape index (κ2) is 4.21. The molecule has 16 heavy (non-hydrogen) atoms. The van der Waals surface area contributed by atoms with Crippen molar-refractivity contribution >= 4 is 19.7 Å². The molecule has 0 saturated heterocycles. The van der Waals surface area contributed by atoms with Gasteiger partial charge in [0.2, 0.25) is 9.05 Å². The molecule has 0 atom stereocenters. The van der Waals surface area contributed by atoms with E-state index in [1.165, 1.54) is 0 Å². The fraction of sp³-hybridized carbons (Fsp3) is 0.250. The lowest BCUT2D eigenvalue weighted by Gasteiger charge is -2.08. The molecule has 0 amide bonds. The molecule has 0 bridgehead atoms. The van der Waals surface area contributed by atoms with Crippen LogP contribution in [-0.4, -0.2) is 8.42 Å². The smallest absolute Gasteiger partial charge is 0.212 e. The largest absolute Gasteiger partial charge is 0.419 e. The summed E-state index contributed by atoms with van der Waals surface area (Å²) < 4.78 is 70.6. The summed E-state index contributed by atoms with van der Waals surface area (Å²) in [6.45, 7) is 0. The summed E-state index contributed by atoms with van der Waals surface area (Å²) in [6.07, 6.45) is -4.80. The van der Waals surface area contributed by atoms with Crippen LogP contribution in [0.3, 0.4) is 0 Å². The number of benzene rings is 1. The number of rotatable bonds is 2. The molecule has 0 aliphatic heterocycles. The minimum Gasteiger partial charge on any atom is -0.212 e. The standard InChI is InChI=1S/C8H5ClF4O2S/c9-16(14,15)4-5-1-2-6(7(10)3-5)8(11,12)13/h1-3H,4H2. The third kappa shape index (κ3) is 3.64. The Kier molecular flexibility index (Phi) is 3.49. The maximum absolute atomic E-state index is 13.0. The van der Waals surface area contributed by atoms with Crippen LogP contribution in [0.5, 0.6) is 0 Å². The molecule has 0 N–H and O–H groups in total. The SMILES string of the molecule is O=S(=O)(Cl)Cc1ccc(C(F)(F)F)c(F)c1. The average Bonchev–Trinajstić information content (AvgIpc) is 1.97. The summed E-state index contributed by atoms with van der Waals surface area (Å²) in [4.78, 5) is 0. The third-order valence-electron chi connectivity index (χ3n) is 1.68. The van der Waals surface area contributed by atoms with Gasteiger partial charge in [0.25, 0.3) is 0 Å². The first-order valence-electron chi connectivity index (χ1n) is 3.87. The molecule has 0 spiro atoms. The molecule has 0 aliphatic carbocycles. The van der Waals surface area contributed by atoms with E-state index >= 15 is 0 Å². The van der Waals surface area contributed by atoms with Crippen LogP contribution in [0, 0.1) is 5.82 Å². The molecule has 0 radical (unpaired) electrons. The van der Waals surface area contributed by atoms with Crippen LogP contribution in [0.4, 0.5) is 17.6 Å². The van der Waals surface area contributed by atoms with E-state index < -0.39 is 32.4 Å². The lowest BCUT2D eigenvalue weighted by molar-refractivity contribution is -0.140. The summed E-state index contributed by atoms with van der Waals surface area (Å²) in [5.74, 6) is -2.24. The first kappa shape index (κ1) is 13.2. The number of hydrogen-bond donors (Lipinski definition) is 0. The Morgan fingerprint density at radius 2 is 1.81 bits per heavy atom. The van der Waals surface area contributed by atoms with E-state index in [2.05, 4.69) is 0 Å². The first-order valence-corrected chi connectivity index (χ1v) is 6.35. The first-order chi connectivity index (χ1) is 7.09. The minimum absolute atomic E-state index is 0.138. The van der Waals surface area contributed by atoms with Gasteiger partial charge in [-0.05, 0) is 17.7 Å². The Balaban J connectivity index is 3.10. The monoisotopic (exact) mass is 276 g/mol. The van der Waals surface area contributed by atoms with Crippen LogP contribution in [0.1, 0.15) is 11.1 Å². The van der Waals surface area contributed by atoms with Gasteiger partial charge in [-0.1, -0.05) is 6.07 Å². The lowest BCUT2D eigenvalue weighted by Crippen LogP contribution is -2.08. The fourth-order valence-corrected chi connectivity index (χ4v) is 2.03. The highest BCUT2D eigenvalue weighted by Gasteiger charge is 2.33. The molecule has 0 aliphatic rings. The molecular formula is C8H5ClF4O2S. The number of alkyl halides is 3. The van der Waals surface area contributed by atoms with Gasteiger partial charge in [0.15, 0.2) is 0 Å². The van der Waals surface area contributed by atoms with E-state index in [1.807, 2.05) is 0 Å². The van der Waals surface area contributed by atoms with Crippen LogP contribution < -0.4 is 0 Å². The topological polar surface area (TPSA) is 34.1 Å². The molecule has 0 fully saturated rings. The Morgan fingerprint density at radius 3 is 2.19 bits per heavy atom. The molecule has 1 aromatic carbocycles. The fourth-order valence-electron chi connectivity index (χ4n) is 1.08. The van der Waals surface area contributed by atoms with E-state index in [-0.39, 0.29) is 5.56 Å². The summed E-state index contributed by atoms with van der Waals surface area (Å²) >= 11 is 0. The van der Waals surface area contributed by atoms with Gasteiger partial charge < -0.3 is 0 Å². The highest BCUT2D eigenvalue weighted by Crippen LogP contribution is 2.31. The van der Waals surface area contributed by atoms with Crippen molar-refractivity contribution in [1.82, 2.24) is 0 Å². The van der Waals surface area contributed by atoms with Gasteiger partial charge in [-0.3, -0.25) is 0 Å². The summed E-state index contributed by atoms with van der Waals surface area (Å²) in [5.41, 5.74) is -1.58. The van der Waals surface area contributed by atoms with E-state index in [1.54, 1.807) is 0 Å². The number of hydrogen-bond acceptors (Lipinski definition) is 2. The minimum atomic E-state index is -4.80. The molecule has 0 unspecified atom stereocenters. The zero-order valence-electron chi connectivity index (χ0n) is 7.55. The van der Waals surface area contributed by atoms with Gasteiger partial charge in [0, 0.05) is 10.7 Å². The van der Waals surface area contributed by atoms with Crippen molar-refractivity contribution in [2.45, 2.75) is 11.9 Å². The highest BCUT2D eigenvalue weighted by atomic mass is 35.7. The Bertz CT molecular complexity index is 495. The van der Waals surface area contributed by atoms with Gasteiger partial charge in [0.1, 0.15) is 5.82 Å². The predicted octanol–water partition coefficient (Wildman–Crippen LogP) is 2.91. The summed E-state index contributed by atoms with van der Waals surface area (Å²) in [6, 6.07) is 1.85. The molecule has 1 aromatic rings. The summed E-state index contributed by atoms with van der Waals surface area (Å²) in [7, 11) is 0.959. The van der Waals surface area contributed by atoms with Gasteiger partial charge in [0.05, 0.1) is 11.3 Å². The summed E-state index contributed by atoms with van der Waals surface area (Å²) in [5, 5.41) is 0. The van der Waals surface area contributed by atoms with E-state index in [0.29, 0.717) is 12.1 Å². The van der Waals surface area contributed by atoms with Crippen molar-refractivity contribution in [3.63, 3.8) is 0 Å². The number of halogens is 5. The van der Waals surface area contributed by atoms with E-state index in [4.69, 9.17) is 10.7 Å². The third-order valence-corrected chi connectivity index (χ3v) is 2.68. The van der Waals surface area contributed by atoms with Crippen LogP contribution >= 0.6 is 10.7 Å². The predicted molar refractivity (Wildman–Crippen MR) is 49.9 cm³/mol. The van der Waals surface area contributed by atoms with Crippen LogP contribution in [-0.2, 0) is 21.0 Å². The van der Waals surface area contributed by atoms with Gasteiger partial charge in [-0.15, -0.1) is 0 Å². The molecule has 90 valence electrons. The molecular weight excluding hydrogens is 272 g/mol. The lowest BCUT2D eigenvalue weighted by atomic mass is 10.1. The molecule has 8 heteroatoms. The van der Waals surface area contributed by atoms with Gasteiger partial charge >= 0.3 is 6.18 Å². The van der Waals surface area contributed by atoms with E-state index in [9.17, 15) is 26.0 Å². The second-order valence-electron chi connectivity index (χ2n) is 3.00. The van der Waals surface area contributed by atoms with Gasteiger partial charge in [-0.2, -0.15) is 13.2 Å². The zero-order valence-corrected chi connectivity index (χ0v) is 9.13. The van der Waals surface area contributed by atoms with Crippen molar-refractivity contribution < 1.29 is 26.0 Å². The molecule has 0 saturated carbocycles. The van der Waals surface area contributed by atoms with Crippen LogP contribution in [0.25, 0.3) is 0 Å². The Morgan fingerprint density at radius 1 is 1.25 bits per heavy atom.